The van der Waals surface area contributed by atoms with E-state index in [1.54, 1.807) is 48.5 Å². The SMILES string of the molecule is COc1cc(/C=C(\C#N)C(=O)Nc2ccc(OCc3ccccc3)cc2)c(Br)cc1OCc1cccc(F)c1. The molecule has 39 heavy (non-hydrogen) atoms. The first-order chi connectivity index (χ1) is 18.9. The summed E-state index contributed by atoms with van der Waals surface area (Å²) in [7, 11) is 1.48. The molecule has 0 radical (unpaired) electrons. The van der Waals surface area contributed by atoms with Crippen molar-refractivity contribution >= 4 is 33.6 Å². The number of hydrogen-bond acceptors (Lipinski definition) is 5. The van der Waals surface area contributed by atoms with E-state index in [0.29, 0.717) is 45.1 Å². The number of nitriles is 1. The molecule has 0 saturated carbocycles. The number of methoxy groups -OCH3 is 1. The summed E-state index contributed by atoms with van der Waals surface area (Å²) in [5.74, 6) is 0.559. The van der Waals surface area contributed by atoms with Crippen LogP contribution in [0.5, 0.6) is 17.2 Å². The summed E-state index contributed by atoms with van der Waals surface area (Å²) >= 11 is 3.47. The lowest BCUT2D eigenvalue weighted by Gasteiger charge is -2.13. The first-order valence-electron chi connectivity index (χ1n) is 11.9. The van der Waals surface area contributed by atoms with Crippen LogP contribution in [0.15, 0.2) is 101 Å². The van der Waals surface area contributed by atoms with E-state index < -0.39 is 5.91 Å². The fourth-order valence-corrected chi connectivity index (χ4v) is 4.04. The summed E-state index contributed by atoms with van der Waals surface area (Å²) in [6, 6.07) is 28.1. The molecule has 8 heteroatoms. The number of amides is 1. The Morgan fingerprint density at radius 1 is 0.923 bits per heavy atom. The Morgan fingerprint density at radius 2 is 1.64 bits per heavy atom. The second-order valence-electron chi connectivity index (χ2n) is 8.37. The fourth-order valence-electron chi connectivity index (χ4n) is 3.60. The summed E-state index contributed by atoms with van der Waals surface area (Å²) in [6.45, 7) is 0.568. The lowest BCUT2D eigenvalue weighted by molar-refractivity contribution is -0.112. The van der Waals surface area contributed by atoms with Gasteiger partial charge in [0.05, 0.1) is 7.11 Å². The lowest BCUT2D eigenvalue weighted by atomic mass is 10.1. The molecule has 1 amide bonds. The molecule has 0 bridgehead atoms. The lowest BCUT2D eigenvalue weighted by Crippen LogP contribution is -2.13. The average Bonchev–Trinajstić information content (AvgIpc) is 2.95. The maximum absolute atomic E-state index is 13.5. The Bertz CT molecular complexity index is 1520. The molecule has 1 N–H and O–H groups in total. The minimum atomic E-state index is -0.562. The van der Waals surface area contributed by atoms with Crippen LogP contribution < -0.4 is 19.5 Å². The van der Waals surface area contributed by atoms with Crippen molar-refractivity contribution < 1.29 is 23.4 Å². The molecule has 0 fully saturated rings. The fraction of sp³-hybridized carbons (Fsp3) is 0.0968. The second kappa shape index (κ2) is 13.3. The second-order valence-corrected chi connectivity index (χ2v) is 9.22. The maximum Gasteiger partial charge on any atom is 0.266 e. The van der Waals surface area contributed by atoms with Gasteiger partial charge in [-0.3, -0.25) is 4.79 Å². The highest BCUT2D eigenvalue weighted by Crippen LogP contribution is 2.35. The van der Waals surface area contributed by atoms with E-state index >= 15 is 0 Å². The van der Waals surface area contributed by atoms with Crippen LogP contribution in [0.1, 0.15) is 16.7 Å². The molecular formula is C31H24BrFN2O4. The van der Waals surface area contributed by atoms with Gasteiger partial charge < -0.3 is 19.5 Å². The smallest absolute Gasteiger partial charge is 0.266 e. The predicted molar refractivity (Wildman–Crippen MR) is 151 cm³/mol. The molecule has 0 unspecified atom stereocenters. The van der Waals surface area contributed by atoms with Crippen LogP contribution in [0.3, 0.4) is 0 Å². The molecule has 0 spiro atoms. The largest absolute Gasteiger partial charge is 0.493 e. The van der Waals surface area contributed by atoms with Crippen LogP contribution in [0.2, 0.25) is 0 Å². The monoisotopic (exact) mass is 586 g/mol. The van der Waals surface area contributed by atoms with Gasteiger partial charge >= 0.3 is 0 Å². The zero-order valence-electron chi connectivity index (χ0n) is 21.0. The number of carbonyl (C=O) groups is 1. The molecule has 4 rings (SSSR count). The van der Waals surface area contributed by atoms with Crippen molar-refractivity contribution in [2.75, 3.05) is 12.4 Å². The van der Waals surface area contributed by atoms with Gasteiger partial charge in [-0.15, -0.1) is 0 Å². The van der Waals surface area contributed by atoms with Crippen LogP contribution in [0.25, 0.3) is 6.08 Å². The van der Waals surface area contributed by atoms with Crippen molar-refractivity contribution in [1.29, 1.82) is 5.26 Å². The van der Waals surface area contributed by atoms with Gasteiger partial charge in [-0.05, 0) is 71.3 Å². The summed E-state index contributed by atoms with van der Waals surface area (Å²) in [6.07, 6.45) is 1.45. The van der Waals surface area contributed by atoms with Crippen molar-refractivity contribution in [2.24, 2.45) is 0 Å². The molecule has 4 aromatic carbocycles. The number of rotatable bonds is 10. The molecule has 4 aromatic rings. The van der Waals surface area contributed by atoms with Crippen molar-refractivity contribution in [3.05, 3.63) is 124 Å². The number of ether oxygens (including phenoxy) is 3. The number of nitrogens with one attached hydrogen (secondary N) is 1. The maximum atomic E-state index is 13.5. The van der Waals surface area contributed by atoms with Crippen LogP contribution in [-0.2, 0) is 18.0 Å². The predicted octanol–water partition coefficient (Wildman–Crippen LogP) is 7.30. The summed E-state index contributed by atoms with van der Waals surface area (Å²) in [5, 5.41) is 12.4. The van der Waals surface area contributed by atoms with Crippen molar-refractivity contribution in [3.8, 4) is 23.3 Å². The molecule has 0 atom stereocenters. The summed E-state index contributed by atoms with van der Waals surface area (Å²) in [4.78, 5) is 12.8. The van der Waals surface area contributed by atoms with E-state index in [-0.39, 0.29) is 18.0 Å². The Hall–Kier alpha value is -4.61. The number of anilines is 1. The Labute approximate surface area is 234 Å². The Morgan fingerprint density at radius 3 is 2.33 bits per heavy atom. The quantitative estimate of drug-likeness (QED) is 0.156. The highest BCUT2D eigenvalue weighted by Gasteiger charge is 2.14. The number of benzene rings is 4. The molecule has 6 nitrogen and oxygen atoms in total. The number of hydrogen-bond donors (Lipinski definition) is 1. The molecule has 0 heterocycles. The van der Waals surface area contributed by atoms with E-state index in [2.05, 4.69) is 21.2 Å². The van der Waals surface area contributed by atoms with Gasteiger partial charge in [0.15, 0.2) is 11.5 Å². The molecule has 0 aromatic heterocycles. The Kier molecular flexibility index (Phi) is 9.33. The topological polar surface area (TPSA) is 80.6 Å². The summed E-state index contributed by atoms with van der Waals surface area (Å²) < 4.78 is 31.1. The molecule has 0 aliphatic rings. The molecular weight excluding hydrogens is 563 g/mol. The molecule has 0 aliphatic carbocycles. The molecule has 196 valence electrons. The number of carbonyl (C=O) groups excluding carboxylic acids is 1. The van der Waals surface area contributed by atoms with Crippen molar-refractivity contribution in [1.82, 2.24) is 0 Å². The van der Waals surface area contributed by atoms with Crippen LogP contribution >= 0.6 is 15.9 Å². The number of halogens is 2. The number of nitrogens with zero attached hydrogens (tertiary/aromatic N) is 1. The minimum absolute atomic E-state index is 0.101. The van der Waals surface area contributed by atoms with Gasteiger partial charge in [0, 0.05) is 10.2 Å². The third-order valence-corrected chi connectivity index (χ3v) is 6.28. The van der Waals surface area contributed by atoms with E-state index in [9.17, 15) is 14.4 Å². The van der Waals surface area contributed by atoms with Gasteiger partial charge in [0.1, 0.15) is 36.4 Å². The van der Waals surface area contributed by atoms with Crippen LogP contribution in [0.4, 0.5) is 10.1 Å². The van der Waals surface area contributed by atoms with Crippen molar-refractivity contribution in [3.63, 3.8) is 0 Å². The van der Waals surface area contributed by atoms with Gasteiger partial charge in [-0.1, -0.05) is 58.4 Å². The zero-order valence-corrected chi connectivity index (χ0v) is 22.6. The zero-order chi connectivity index (χ0) is 27.6. The Balaban J connectivity index is 1.42. The third kappa shape index (κ3) is 7.69. The minimum Gasteiger partial charge on any atom is -0.493 e. The van der Waals surface area contributed by atoms with Gasteiger partial charge in [0.2, 0.25) is 0 Å². The van der Waals surface area contributed by atoms with Gasteiger partial charge in [-0.2, -0.15) is 5.26 Å². The highest BCUT2D eigenvalue weighted by atomic mass is 79.9. The van der Waals surface area contributed by atoms with E-state index in [4.69, 9.17) is 14.2 Å². The van der Waals surface area contributed by atoms with Gasteiger partial charge in [0.25, 0.3) is 5.91 Å². The third-order valence-electron chi connectivity index (χ3n) is 5.59. The molecule has 0 aliphatic heterocycles. The van der Waals surface area contributed by atoms with Gasteiger partial charge in [-0.25, -0.2) is 4.39 Å². The first-order valence-corrected chi connectivity index (χ1v) is 12.7. The van der Waals surface area contributed by atoms with Crippen LogP contribution in [-0.4, -0.2) is 13.0 Å². The normalized spacial score (nSPS) is 10.9. The summed E-state index contributed by atoms with van der Waals surface area (Å²) in [5.41, 5.74) is 2.67. The average molecular weight is 587 g/mol. The van der Waals surface area contributed by atoms with E-state index in [0.717, 1.165) is 5.56 Å². The highest BCUT2D eigenvalue weighted by molar-refractivity contribution is 9.10. The first kappa shape index (κ1) is 27.4. The van der Waals surface area contributed by atoms with E-state index in [1.807, 2.05) is 36.4 Å². The van der Waals surface area contributed by atoms with E-state index in [1.165, 1.54) is 25.3 Å². The van der Waals surface area contributed by atoms with Crippen LogP contribution in [0, 0.1) is 17.1 Å². The molecule has 0 saturated heterocycles. The standard InChI is InChI=1S/C31H24BrFN2O4/c1-37-29-16-23(28(32)17-30(29)39-20-22-8-5-9-25(33)14-22)15-24(18-34)31(36)35-26-10-12-27(13-11-26)38-19-21-6-3-2-4-7-21/h2-17H,19-20H2,1H3,(H,35,36)/b24-15+. The van der Waals surface area contributed by atoms with Crippen molar-refractivity contribution in [2.45, 2.75) is 13.2 Å².